The second kappa shape index (κ2) is 6.12. The summed E-state index contributed by atoms with van der Waals surface area (Å²) in [6, 6.07) is 1.83. The molecule has 0 fully saturated rings. The number of hydrogen-bond donors (Lipinski definition) is 2. The van der Waals surface area contributed by atoms with Gasteiger partial charge in [-0.1, -0.05) is 6.92 Å². The lowest BCUT2D eigenvalue weighted by Gasteiger charge is -2.04. The molecule has 7 heteroatoms. The standard InChI is InChI=1S/C12H18N6O/c1-3-9-7-10(18(2)17-9)12(19)13-6-4-5-11-14-8-15-16-11/h7-8H,3-6H2,1-2H3,(H,13,19)(H,14,15,16). The fourth-order valence-corrected chi connectivity index (χ4v) is 1.81. The van der Waals surface area contributed by atoms with Crippen molar-refractivity contribution in [1.82, 2.24) is 30.3 Å². The number of nitrogens with zero attached hydrogens (tertiary/aromatic N) is 4. The molecule has 0 radical (unpaired) electrons. The van der Waals surface area contributed by atoms with Crippen molar-refractivity contribution in [3.05, 3.63) is 29.6 Å². The van der Waals surface area contributed by atoms with Crippen LogP contribution in [0.1, 0.15) is 35.4 Å². The van der Waals surface area contributed by atoms with Crippen LogP contribution >= 0.6 is 0 Å². The van der Waals surface area contributed by atoms with Gasteiger partial charge in [0.2, 0.25) is 0 Å². The Bertz CT molecular complexity index is 530. The first kappa shape index (κ1) is 13.3. The van der Waals surface area contributed by atoms with Crippen molar-refractivity contribution in [2.24, 2.45) is 7.05 Å². The molecule has 0 aliphatic carbocycles. The zero-order valence-corrected chi connectivity index (χ0v) is 11.2. The van der Waals surface area contributed by atoms with Crippen LogP contribution in [0.25, 0.3) is 0 Å². The highest BCUT2D eigenvalue weighted by Gasteiger charge is 2.11. The molecule has 0 unspecified atom stereocenters. The van der Waals surface area contributed by atoms with Crippen LogP contribution in [-0.4, -0.2) is 37.4 Å². The normalized spacial score (nSPS) is 10.6. The van der Waals surface area contributed by atoms with Gasteiger partial charge in [-0.05, 0) is 18.9 Å². The number of carbonyl (C=O) groups is 1. The average Bonchev–Trinajstić information content (AvgIpc) is 3.03. The highest BCUT2D eigenvalue weighted by atomic mass is 16.2. The van der Waals surface area contributed by atoms with E-state index in [0.717, 1.165) is 30.8 Å². The second-order valence-corrected chi connectivity index (χ2v) is 4.29. The molecule has 1 amide bonds. The molecule has 2 rings (SSSR count). The zero-order chi connectivity index (χ0) is 13.7. The number of H-pyrrole nitrogens is 1. The largest absolute Gasteiger partial charge is 0.351 e. The Morgan fingerprint density at radius 1 is 1.53 bits per heavy atom. The van der Waals surface area contributed by atoms with Gasteiger partial charge in [0.1, 0.15) is 17.8 Å². The predicted molar refractivity (Wildman–Crippen MR) is 69.6 cm³/mol. The van der Waals surface area contributed by atoms with Gasteiger partial charge in [-0.3, -0.25) is 14.6 Å². The molecule has 0 saturated heterocycles. The second-order valence-electron chi connectivity index (χ2n) is 4.29. The van der Waals surface area contributed by atoms with Gasteiger partial charge in [0, 0.05) is 20.0 Å². The number of aryl methyl sites for hydroxylation is 3. The Balaban J connectivity index is 1.79. The van der Waals surface area contributed by atoms with Gasteiger partial charge in [0.05, 0.1) is 5.69 Å². The third-order valence-electron chi connectivity index (χ3n) is 2.87. The molecule has 0 aliphatic heterocycles. The fourth-order valence-electron chi connectivity index (χ4n) is 1.81. The number of amides is 1. The van der Waals surface area contributed by atoms with Crippen molar-refractivity contribution in [1.29, 1.82) is 0 Å². The Kier molecular flexibility index (Phi) is 4.27. The number of carbonyl (C=O) groups excluding carboxylic acids is 1. The van der Waals surface area contributed by atoms with Crippen molar-refractivity contribution in [3.8, 4) is 0 Å². The maximum atomic E-state index is 11.9. The summed E-state index contributed by atoms with van der Waals surface area (Å²) in [5.74, 6) is 0.746. The minimum absolute atomic E-state index is 0.0905. The fraction of sp³-hybridized carbons (Fsp3) is 0.500. The first-order valence-electron chi connectivity index (χ1n) is 6.36. The first-order chi connectivity index (χ1) is 9.20. The predicted octanol–water partition coefficient (Wildman–Crippen LogP) is 0.463. The van der Waals surface area contributed by atoms with Crippen LogP contribution in [-0.2, 0) is 19.9 Å². The van der Waals surface area contributed by atoms with E-state index in [1.165, 1.54) is 6.33 Å². The van der Waals surface area contributed by atoms with Gasteiger partial charge in [0.15, 0.2) is 0 Å². The summed E-state index contributed by atoms with van der Waals surface area (Å²) >= 11 is 0. The van der Waals surface area contributed by atoms with Gasteiger partial charge in [-0.25, -0.2) is 4.98 Å². The van der Waals surface area contributed by atoms with Crippen LogP contribution in [0.4, 0.5) is 0 Å². The molecule has 2 heterocycles. The Labute approximate surface area is 111 Å². The molecule has 2 N–H and O–H groups in total. The lowest BCUT2D eigenvalue weighted by molar-refractivity contribution is 0.0943. The Morgan fingerprint density at radius 2 is 2.37 bits per heavy atom. The van der Waals surface area contributed by atoms with Gasteiger partial charge in [-0.2, -0.15) is 10.2 Å². The molecule has 0 spiro atoms. The van der Waals surface area contributed by atoms with E-state index in [0.29, 0.717) is 12.2 Å². The van der Waals surface area contributed by atoms with Gasteiger partial charge in [0.25, 0.3) is 5.91 Å². The monoisotopic (exact) mass is 262 g/mol. The summed E-state index contributed by atoms with van der Waals surface area (Å²) in [7, 11) is 1.78. The van der Waals surface area contributed by atoms with E-state index in [9.17, 15) is 4.79 Å². The molecule has 0 aliphatic rings. The first-order valence-corrected chi connectivity index (χ1v) is 6.36. The number of aromatic amines is 1. The summed E-state index contributed by atoms with van der Waals surface area (Å²) in [5.41, 5.74) is 1.52. The van der Waals surface area contributed by atoms with Gasteiger partial charge in [-0.15, -0.1) is 0 Å². The van der Waals surface area contributed by atoms with E-state index >= 15 is 0 Å². The van der Waals surface area contributed by atoms with Crippen molar-refractivity contribution in [3.63, 3.8) is 0 Å². The number of nitrogens with one attached hydrogen (secondary N) is 2. The van der Waals surface area contributed by atoms with Crippen LogP contribution in [0.15, 0.2) is 12.4 Å². The third-order valence-corrected chi connectivity index (χ3v) is 2.87. The third kappa shape index (κ3) is 3.40. The van der Waals surface area contributed by atoms with Crippen LogP contribution in [0.2, 0.25) is 0 Å². The molecule has 19 heavy (non-hydrogen) atoms. The quantitative estimate of drug-likeness (QED) is 0.740. The van der Waals surface area contributed by atoms with E-state index in [4.69, 9.17) is 0 Å². The molecule has 0 bridgehead atoms. The summed E-state index contributed by atoms with van der Waals surface area (Å²) in [6.45, 7) is 2.62. The van der Waals surface area contributed by atoms with Crippen LogP contribution < -0.4 is 5.32 Å². The minimum Gasteiger partial charge on any atom is -0.351 e. The molecule has 0 aromatic carbocycles. The summed E-state index contributed by atoms with van der Waals surface area (Å²) in [6.07, 6.45) is 3.90. The molecule has 7 nitrogen and oxygen atoms in total. The van der Waals surface area contributed by atoms with Crippen LogP contribution in [0.3, 0.4) is 0 Å². The maximum absolute atomic E-state index is 11.9. The molecule has 0 atom stereocenters. The van der Waals surface area contributed by atoms with E-state index in [1.807, 2.05) is 13.0 Å². The van der Waals surface area contributed by atoms with Gasteiger partial charge >= 0.3 is 0 Å². The van der Waals surface area contributed by atoms with Crippen molar-refractivity contribution in [2.45, 2.75) is 26.2 Å². The highest BCUT2D eigenvalue weighted by Crippen LogP contribution is 2.03. The van der Waals surface area contributed by atoms with E-state index in [-0.39, 0.29) is 5.91 Å². The molecular weight excluding hydrogens is 244 g/mol. The molecule has 2 aromatic rings. The Morgan fingerprint density at radius 3 is 3.00 bits per heavy atom. The van der Waals surface area contributed by atoms with Crippen molar-refractivity contribution < 1.29 is 4.79 Å². The lowest BCUT2D eigenvalue weighted by Crippen LogP contribution is -2.26. The number of hydrogen-bond acceptors (Lipinski definition) is 4. The maximum Gasteiger partial charge on any atom is 0.269 e. The zero-order valence-electron chi connectivity index (χ0n) is 11.2. The minimum atomic E-state index is -0.0905. The molecule has 0 saturated carbocycles. The Hall–Kier alpha value is -2.18. The van der Waals surface area contributed by atoms with E-state index in [2.05, 4.69) is 25.6 Å². The highest BCUT2D eigenvalue weighted by molar-refractivity contribution is 5.92. The smallest absolute Gasteiger partial charge is 0.269 e. The summed E-state index contributed by atoms with van der Waals surface area (Å²) < 4.78 is 1.62. The van der Waals surface area contributed by atoms with Gasteiger partial charge < -0.3 is 5.32 Å². The molecule has 102 valence electrons. The summed E-state index contributed by atoms with van der Waals surface area (Å²) in [4.78, 5) is 16.0. The topological polar surface area (TPSA) is 88.5 Å². The molecule has 2 aromatic heterocycles. The van der Waals surface area contributed by atoms with Crippen molar-refractivity contribution >= 4 is 5.91 Å². The number of aromatic nitrogens is 5. The van der Waals surface area contributed by atoms with E-state index in [1.54, 1.807) is 11.7 Å². The van der Waals surface area contributed by atoms with E-state index < -0.39 is 0 Å². The number of rotatable bonds is 6. The van der Waals surface area contributed by atoms with Crippen LogP contribution in [0.5, 0.6) is 0 Å². The lowest BCUT2D eigenvalue weighted by atomic mass is 10.2. The molecular formula is C12H18N6O. The SMILES string of the molecule is CCc1cc(C(=O)NCCCc2ncn[nH]2)n(C)n1. The average molecular weight is 262 g/mol. The summed E-state index contributed by atoms with van der Waals surface area (Å²) in [5, 5.41) is 13.7. The van der Waals surface area contributed by atoms with Crippen LogP contribution in [0, 0.1) is 0 Å². The van der Waals surface area contributed by atoms with Crippen molar-refractivity contribution in [2.75, 3.05) is 6.54 Å².